The van der Waals surface area contributed by atoms with Crippen LogP contribution in [0.1, 0.15) is 11.1 Å². The highest BCUT2D eigenvalue weighted by atomic mass is 19.1. The number of hydrogen-bond acceptors (Lipinski definition) is 2. The molecule has 0 fully saturated rings. The molecule has 3 N–H and O–H groups in total. The van der Waals surface area contributed by atoms with Gasteiger partial charge in [-0.05, 0) is 37.1 Å². The highest BCUT2D eigenvalue weighted by molar-refractivity contribution is 5.65. The van der Waals surface area contributed by atoms with Crippen LogP contribution in [0.2, 0.25) is 0 Å². The van der Waals surface area contributed by atoms with E-state index in [0.717, 1.165) is 18.7 Å². The summed E-state index contributed by atoms with van der Waals surface area (Å²) in [5.41, 5.74) is 9.49. The maximum Gasteiger partial charge on any atom is 0.125 e. The van der Waals surface area contributed by atoms with Crippen LogP contribution in [0.15, 0.2) is 42.5 Å². The predicted molar refractivity (Wildman–Crippen MR) is 74.2 cm³/mol. The number of nitrogens with one attached hydrogen (secondary N) is 1. The number of benzene rings is 2. The fourth-order valence-corrected chi connectivity index (χ4v) is 1.90. The van der Waals surface area contributed by atoms with Gasteiger partial charge in [-0.1, -0.05) is 29.8 Å². The largest absolute Gasteiger partial charge is 0.397 e. The molecule has 2 aromatic carbocycles. The molecule has 0 amide bonds. The van der Waals surface area contributed by atoms with E-state index in [4.69, 9.17) is 5.73 Å². The minimum atomic E-state index is -0.309. The molecule has 0 saturated heterocycles. The van der Waals surface area contributed by atoms with E-state index in [0.29, 0.717) is 5.69 Å². The first-order valence-electron chi connectivity index (χ1n) is 5.99. The van der Waals surface area contributed by atoms with E-state index in [9.17, 15) is 4.39 Å². The molecule has 3 heteroatoms. The van der Waals surface area contributed by atoms with Gasteiger partial charge in [0.2, 0.25) is 0 Å². The van der Waals surface area contributed by atoms with Gasteiger partial charge < -0.3 is 11.1 Å². The number of rotatable bonds is 4. The molecule has 0 heterocycles. The average molecular weight is 244 g/mol. The molecule has 2 rings (SSSR count). The summed E-state index contributed by atoms with van der Waals surface area (Å²) in [5.74, 6) is -0.309. The second kappa shape index (κ2) is 5.54. The van der Waals surface area contributed by atoms with Gasteiger partial charge in [0.15, 0.2) is 0 Å². The Hall–Kier alpha value is -2.03. The average Bonchev–Trinajstić information content (AvgIpc) is 2.32. The fraction of sp³-hybridized carbons (Fsp3) is 0.200. The number of nitrogen functional groups attached to an aromatic ring is 1. The maximum absolute atomic E-state index is 12.9. The van der Waals surface area contributed by atoms with Crippen LogP contribution in [0.4, 0.5) is 15.8 Å². The third kappa shape index (κ3) is 3.23. The van der Waals surface area contributed by atoms with E-state index in [2.05, 4.69) is 36.5 Å². The van der Waals surface area contributed by atoms with E-state index in [1.807, 2.05) is 0 Å². The minimum absolute atomic E-state index is 0.309. The lowest BCUT2D eigenvalue weighted by Crippen LogP contribution is -2.07. The maximum atomic E-state index is 12.9. The van der Waals surface area contributed by atoms with Crippen LogP contribution in [0.3, 0.4) is 0 Å². The summed E-state index contributed by atoms with van der Waals surface area (Å²) in [7, 11) is 0. The van der Waals surface area contributed by atoms with Gasteiger partial charge in [-0.3, -0.25) is 0 Å². The molecule has 2 nitrogen and oxygen atoms in total. The Balaban J connectivity index is 1.92. The molecular formula is C15H17FN2. The van der Waals surface area contributed by atoms with E-state index >= 15 is 0 Å². The van der Waals surface area contributed by atoms with Gasteiger partial charge in [0.05, 0.1) is 11.4 Å². The van der Waals surface area contributed by atoms with Crippen LogP contribution in [-0.2, 0) is 6.42 Å². The van der Waals surface area contributed by atoms with Gasteiger partial charge >= 0.3 is 0 Å². The molecule has 0 aliphatic heterocycles. The quantitative estimate of drug-likeness (QED) is 0.809. The van der Waals surface area contributed by atoms with Crippen LogP contribution in [0.5, 0.6) is 0 Å². The summed E-state index contributed by atoms with van der Waals surface area (Å²) in [6.45, 7) is 2.86. The molecule has 0 unspecified atom stereocenters. The third-order valence-corrected chi connectivity index (χ3v) is 2.83. The molecule has 18 heavy (non-hydrogen) atoms. The van der Waals surface area contributed by atoms with Crippen molar-refractivity contribution in [1.29, 1.82) is 0 Å². The Morgan fingerprint density at radius 3 is 2.72 bits per heavy atom. The van der Waals surface area contributed by atoms with Crippen molar-refractivity contribution in [3.05, 3.63) is 59.4 Å². The van der Waals surface area contributed by atoms with Crippen molar-refractivity contribution < 1.29 is 4.39 Å². The molecular weight excluding hydrogens is 227 g/mol. The van der Waals surface area contributed by atoms with Gasteiger partial charge in [-0.2, -0.15) is 0 Å². The van der Waals surface area contributed by atoms with E-state index in [-0.39, 0.29) is 5.82 Å². The molecule has 0 aromatic heterocycles. The fourth-order valence-electron chi connectivity index (χ4n) is 1.90. The van der Waals surface area contributed by atoms with Crippen molar-refractivity contribution in [2.75, 3.05) is 17.6 Å². The number of halogens is 1. The molecule has 2 aromatic rings. The first-order valence-corrected chi connectivity index (χ1v) is 5.99. The Morgan fingerprint density at radius 1 is 1.17 bits per heavy atom. The first-order chi connectivity index (χ1) is 8.65. The van der Waals surface area contributed by atoms with Crippen molar-refractivity contribution in [2.45, 2.75) is 13.3 Å². The van der Waals surface area contributed by atoms with Crippen molar-refractivity contribution in [3.8, 4) is 0 Å². The van der Waals surface area contributed by atoms with E-state index in [1.54, 1.807) is 6.07 Å². The lowest BCUT2D eigenvalue weighted by molar-refractivity contribution is 0.628. The minimum Gasteiger partial charge on any atom is -0.397 e. The molecule has 0 aliphatic carbocycles. The monoisotopic (exact) mass is 244 g/mol. The Morgan fingerprint density at radius 2 is 2.00 bits per heavy atom. The topological polar surface area (TPSA) is 38.0 Å². The highest BCUT2D eigenvalue weighted by Crippen LogP contribution is 2.18. The zero-order chi connectivity index (χ0) is 13.0. The SMILES string of the molecule is Cc1cccc(CCNc2ccc(F)cc2N)c1. The van der Waals surface area contributed by atoms with Crippen LogP contribution in [0.25, 0.3) is 0 Å². The van der Waals surface area contributed by atoms with Crippen molar-refractivity contribution in [3.63, 3.8) is 0 Å². The summed E-state index contributed by atoms with van der Waals surface area (Å²) < 4.78 is 12.9. The summed E-state index contributed by atoms with van der Waals surface area (Å²) >= 11 is 0. The van der Waals surface area contributed by atoms with Crippen LogP contribution in [-0.4, -0.2) is 6.54 Å². The lowest BCUT2D eigenvalue weighted by atomic mass is 10.1. The molecule has 0 aliphatic rings. The lowest BCUT2D eigenvalue weighted by Gasteiger charge is -2.09. The summed E-state index contributed by atoms with van der Waals surface area (Å²) in [4.78, 5) is 0. The number of hydrogen-bond donors (Lipinski definition) is 2. The highest BCUT2D eigenvalue weighted by Gasteiger charge is 2.00. The zero-order valence-electron chi connectivity index (χ0n) is 10.4. The standard InChI is InChI=1S/C15H17FN2/c1-11-3-2-4-12(9-11)7-8-18-15-6-5-13(16)10-14(15)17/h2-6,9-10,18H,7-8,17H2,1H3. The molecule has 0 radical (unpaired) electrons. The Labute approximate surface area is 107 Å². The zero-order valence-corrected chi connectivity index (χ0v) is 10.4. The van der Waals surface area contributed by atoms with Crippen LogP contribution >= 0.6 is 0 Å². The summed E-state index contributed by atoms with van der Waals surface area (Å²) in [5, 5.41) is 3.22. The van der Waals surface area contributed by atoms with Gasteiger partial charge in [0, 0.05) is 6.54 Å². The Kier molecular flexibility index (Phi) is 3.82. The second-order valence-corrected chi connectivity index (χ2v) is 4.40. The van der Waals surface area contributed by atoms with Crippen molar-refractivity contribution >= 4 is 11.4 Å². The van der Waals surface area contributed by atoms with Gasteiger partial charge in [0.1, 0.15) is 5.82 Å². The van der Waals surface area contributed by atoms with E-state index in [1.165, 1.54) is 23.3 Å². The van der Waals surface area contributed by atoms with Gasteiger partial charge in [-0.15, -0.1) is 0 Å². The molecule has 0 bridgehead atoms. The van der Waals surface area contributed by atoms with Gasteiger partial charge in [-0.25, -0.2) is 4.39 Å². The number of anilines is 2. The normalized spacial score (nSPS) is 10.3. The molecule has 0 atom stereocenters. The number of nitrogens with two attached hydrogens (primary N) is 1. The molecule has 0 spiro atoms. The summed E-state index contributed by atoms with van der Waals surface area (Å²) in [6.07, 6.45) is 0.915. The van der Waals surface area contributed by atoms with Gasteiger partial charge in [0.25, 0.3) is 0 Å². The number of aryl methyl sites for hydroxylation is 1. The van der Waals surface area contributed by atoms with E-state index < -0.39 is 0 Å². The summed E-state index contributed by atoms with van der Waals surface area (Å²) in [6, 6.07) is 12.8. The molecule has 94 valence electrons. The first kappa shape index (κ1) is 12.4. The van der Waals surface area contributed by atoms with Crippen LogP contribution in [0, 0.1) is 12.7 Å². The predicted octanol–water partition coefficient (Wildman–Crippen LogP) is 3.37. The Bertz CT molecular complexity index is 538. The van der Waals surface area contributed by atoms with Crippen molar-refractivity contribution in [1.82, 2.24) is 0 Å². The van der Waals surface area contributed by atoms with Crippen molar-refractivity contribution in [2.24, 2.45) is 0 Å². The smallest absolute Gasteiger partial charge is 0.125 e. The van der Waals surface area contributed by atoms with Crippen LogP contribution < -0.4 is 11.1 Å². The second-order valence-electron chi connectivity index (χ2n) is 4.40. The third-order valence-electron chi connectivity index (χ3n) is 2.83. The molecule has 0 saturated carbocycles.